The largest absolute Gasteiger partial charge is 0.349 e. The van der Waals surface area contributed by atoms with Crippen LogP contribution < -0.4 is 5.32 Å². The highest BCUT2D eigenvalue weighted by Crippen LogP contribution is 2.31. The third-order valence-corrected chi connectivity index (χ3v) is 5.20. The number of aryl methyl sites for hydroxylation is 2. The van der Waals surface area contributed by atoms with Crippen LogP contribution in [0.2, 0.25) is 0 Å². The first-order valence-corrected chi connectivity index (χ1v) is 8.56. The van der Waals surface area contributed by atoms with Crippen LogP contribution in [0.25, 0.3) is 0 Å². The maximum Gasteiger partial charge on any atom is 0.253 e. The number of carbonyl (C=O) groups is 2. The Bertz CT molecular complexity index is 820. The van der Waals surface area contributed by atoms with E-state index in [1.807, 2.05) is 33.0 Å². The Hall–Kier alpha value is -2.57. The summed E-state index contributed by atoms with van der Waals surface area (Å²) in [6.45, 7) is 6.84. The fourth-order valence-electron chi connectivity index (χ4n) is 3.84. The number of likely N-dealkylation sites (N-methyl/N-ethyl adjacent to an activating group) is 1. The number of amides is 2. The van der Waals surface area contributed by atoms with Gasteiger partial charge in [0, 0.05) is 44.6 Å². The number of hydrogen-bond acceptors (Lipinski definition) is 3. The summed E-state index contributed by atoms with van der Waals surface area (Å²) in [5, 5.41) is 7.27. The number of nitrogens with one attached hydrogen (secondary N) is 1. The summed E-state index contributed by atoms with van der Waals surface area (Å²) in [6, 6.07) is 3.32. The third-order valence-electron chi connectivity index (χ3n) is 5.20. The minimum absolute atomic E-state index is 0.0236. The predicted molar refractivity (Wildman–Crippen MR) is 94.2 cm³/mol. The van der Waals surface area contributed by atoms with E-state index >= 15 is 0 Å². The molecule has 1 aliphatic heterocycles. The summed E-state index contributed by atoms with van der Waals surface area (Å²) < 4.78 is 3.86. The van der Waals surface area contributed by atoms with Gasteiger partial charge in [-0.25, -0.2) is 0 Å². The van der Waals surface area contributed by atoms with Crippen LogP contribution in [-0.4, -0.2) is 44.2 Å². The van der Waals surface area contributed by atoms with Gasteiger partial charge in [-0.2, -0.15) is 5.10 Å². The molecule has 1 fully saturated rings. The summed E-state index contributed by atoms with van der Waals surface area (Å²) in [5.74, 6) is -0.108. The van der Waals surface area contributed by atoms with Crippen LogP contribution in [0.4, 0.5) is 0 Å². The van der Waals surface area contributed by atoms with Gasteiger partial charge in [0.05, 0.1) is 23.3 Å². The van der Waals surface area contributed by atoms with Crippen molar-refractivity contribution >= 4 is 11.8 Å². The van der Waals surface area contributed by atoms with Gasteiger partial charge in [0.1, 0.15) is 0 Å². The maximum absolute atomic E-state index is 12.8. The fraction of sp³-hybridized carbons (Fsp3) is 0.500. The second-order valence-corrected chi connectivity index (χ2v) is 6.64. The lowest BCUT2D eigenvalue weighted by molar-refractivity contribution is -0.127. The highest BCUT2D eigenvalue weighted by atomic mass is 16.2. The first-order chi connectivity index (χ1) is 11.8. The normalized spacial score (nSPS) is 20.4. The van der Waals surface area contributed by atoms with Crippen molar-refractivity contribution in [3.63, 3.8) is 0 Å². The van der Waals surface area contributed by atoms with Gasteiger partial charge in [0.15, 0.2) is 0 Å². The predicted octanol–water partition coefficient (Wildman–Crippen LogP) is 1.56. The first kappa shape index (κ1) is 17.3. The summed E-state index contributed by atoms with van der Waals surface area (Å²) in [7, 11) is 3.62. The van der Waals surface area contributed by atoms with Crippen molar-refractivity contribution in [2.75, 3.05) is 7.05 Å². The van der Waals surface area contributed by atoms with Gasteiger partial charge in [0.25, 0.3) is 5.91 Å². The van der Waals surface area contributed by atoms with Crippen LogP contribution in [0.15, 0.2) is 18.3 Å². The molecule has 25 heavy (non-hydrogen) atoms. The number of hydrogen-bond donors (Lipinski definition) is 1. The molecule has 2 aromatic rings. The Morgan fingerprint density at radius 1 is 1.36 bits per heavy atom. The van der Waals surface area contributed by atoms with Crippen molar-refractivity contribution in [3.8, 4) is 0 Å². The molecule has 2 atom stereocenters. The Morgan fingerprint density at radius 3 is 2.64 bits per heavy atom. The SMILES string of the molecule is CCn1c(C)cc(C(=O)N[C@@H]2CC(=O)N(C)[C@H]2c2ccnn2C)c1C. The van der Waals surface area contributed by atoms with Crippen molar-refractivity contribution < 1.29 is 9.59 Å². The fourth-order valence-corrected chi connectivity index (χ4v) is 3.84. The van der Waals surface area contributed by atoms with E-state index in [0.717, 1.165) is 23.6 Å². The van der Waals surface area contributed by atoms with Gasteiger partial charge in [-0.3, -0.25) is 14.3 Å². The molecular formula is C18H25N5O2. The molecule has 0 radical (unpaired) electrons. The van der Waals surface area contributed by atoms with Gasteiger partial charge in [-0.05, 0) is 32.9 Å². The average Bonchev–Trinajstić information content (AvgIpc) is 3.18. The molecule has 2 amide bonds. The Labute approximate surface area is 147 Å². The number of carbonyl (C=O) groups excluding carboxylic acids is 2. The Balaban J connectivity index is 1.87. The van der Waals surface area contributed by atoms with Crippen molar-refractivity contribution in [3.05, 3.63) is 41.0 Å². The first-order valence-electron chi connectivity index (χ1n) is 8.56. The van der Waals surface area contributed by atoms with E-state index in [1.54, 1.807) is 22.8 Å². The molecule has 7 nitrogen and oxygen atoms in total. The van der Waals surface area contributed by atoms with Gasteiger partial charge in [-0.15, -0.1) is 0 Å². The number of aromatic nitrogens is 3. The molecule has 3 heterocycles. The zero-order valence-corrected chi connectivity index (χ0v) is 15.4. The lowest BCUT2D eigenvalue weighted by Crippen LogP contribution is -2.39. The summed E-state index contributed by atoms with van der Waals surface area (Å²) in [5.41, 5.74) is 3.60. The molecule has 1 N–H and O–H groups in total. The second-order valence-electron chi connectivity index (χ2n) is 6.64. The highest BCUT2D eigenvalue weighted by Gasteiger charge is 2.41. The van der Waals surface area contributed by atoms with Crippen molar-refractivity contribution in [1.29, 1.82) is 0 Å². The summed E-state index contributed by atoms with van der Waals surface area (Å²) in [6.07, 6.45) is 2.00. The van der Waals surface area contributed by atoms with Crippen LogP contribution in [-0.2, 0) is 18.4 Å². The molecule has 0 saturated carbocycles. The third kappa shape index (κ3) is 2.83. The maximum atomic E-state index is 12.8. The molecule has 3 rings (SSSR count). The molecule has 1 saturated heterocycles. The standard InChI is InChI=1S/C18H25N5O2/c1-6-23-11(2)9-13(12(23)3)18(25)20-14-10-16(24)21(4)17(14)15-7-8-19-22(15)5/h7-9,14,17H,6,10H2,1-5H3,(H,20,25)/t14-,17-/m1/s1. The highest BCUT2D eigenvalue weighted by molar-refractivity contribution is 5.96. The number of rotatable bonds is 4. The van der Waals surface area contributed by atoms with Gasteiger partial charge < -0.3 is 14.8 Å². The molecule has 1 aliphatic rings. The van der Waals surface area contributed by atoms with Gasteiger partial charge in [0.2, 0.25) is 5.91 Å². The summed E-state index contributed by atoms with van der Waals surface area (Å²) in [4.78, 5) is 26.8. The van der Waals surface area contributed by atoms with Crippen molar-refractivity contribution in [1.82, 2.24) is 24.6 Å². The molecule has 0 aromatic carbocycles. The molecule has 0 unspecified atom stereocenters. The molecule has 0 bridgehead atoms. The molecule has 0 aliphatic carbocycles. The lowest BCUT2D eigenvalue weighted by atomic mass is 10.0. The Morgan fingerprint density at radius 2 is 2.08 bits per heavy atom. The van der Waals surface area contributed by atoms with E-state index in [4.69, 9.17) is 0 Å². The minimum Gasteiger partial charge on any atom is -0.349 e. The van der Waals surface area contributed by atoms with Crippen molar-refractivity contribution in [2.45, 2.75) is 45.8 Å². The zero-order valence-electron chi connectivity index (χ0n) is 15.4. The Kier molecular flexibility index (Phi) is 4.41. The van der Waals surface area contributed by atoms with Crippen LogP contribution in [0.3, 0.4) is 0 Å². The van der Waals surface area contributed by atoms with E-state index in [-0.39, 0.29) is 23.9 Å². The average molecular weight is 343 g/mol. The smallest absolute Gasteiger partial charge is 0.253 e. The molecule has 0 spiro atoms. The topological polar surface area (TPSA) is 72.2 Å². The van der Waals surface area contributed by atoms with E-state index in [1.165, 1.54) is 0 Å². The number of likely N-dealkylation sites (tertiary alicyclic amines) is 1. The molecule has 134 valence electrons. The van der Waals surface area contributed by atoms with Gasteiger partial charge in [-0.1, -0.05) is 0 Å². The van der Waals surface area contributed by atoms with E-state index in [2.05, 4.69) is 21.9 Å². The monoisotopic (exact) mass is 343 g/mol. The van der Waals surface area contributed by atoms with Gasteiger partial charge >= 0.3 is 0 Å². The molecule has 7 heteroatoms. The molecular weight excluding hydrogens is 318 g/mol. The second kappa shape index (κ2) is 6.38. The molecule has 2 aromatic heterocycles. The lowest BCUT2D eigenvalue weighted by Gasteiger charge is -2.25. The van der Waals surface area contributed by atoms with Crippen LogP contribution in [0.5, 0.6) is 0 Å². The van der Waals surface area contributed by atoms with Crippen LogP contribution >= 0.6 is 0 Å². The van der Waals surface area contributed by atoms with E-state index in [9.17, 15) is 9.59 Å². The zero-order chi connectivity index (χ0) is 18.3. The van der Waals surface area contributed by atoms with Crippen LogP contribution in [0.1, 0.15) is 46.8 Å². The summed E-state index contributed by atoms with van der Waals surface area (Å²) >= 11 is 0. The number of nitrogens with zero attached hydrogens (tertiary/aromatic N) is 4. The van der Waals surface area contributed by atoms with E-state index in [0.29, 0.717) is 12.0 Å². The minimum atomic E-state index is -0.273. The van der Waals surface area contributed by atoms with Crippen molar-refractivity contribution in [2.24, 2.45) is 7.05 Å². The van der Waals surface area contributed by atoms with Crippen LogP contribution in [0, 0.1) is 13.8 Å². The quantitative estimate of drug-likeness (QED) is 0.916. The van der Waals surface area contributed by atoms with E-state index < -0.39 is 0 Å².